The fourth-order valence-corrected chi connectivity index (χ4v) is 3.84. The highest BCUT2D eigenvalue weighted by molar-refractivity contribution is 6.30. The second-order valence-electron chi connectivity index (χ2n) is 7.13. The van der Waals surface area contributed by atoms with Crippen molar-refractivity contribution in [3.05, 3.63) is 52.1 Å². The number of rotatable bonds is 5. The summed E-state index contributed by atoms with van der Waals surface area (Å²) in [7, 11) is 2.16. The van der Waals surface area contributed by atoms with Gasteiger partial charge in [0.15, 0.2) is 0 Å². The van der Waals surface area contributed by atoms with Gasteiger partial charge >= 0.3 is 0 Å². The summed E-state index contributed by atoms with van der Waals surface area (Å²) in [5.74, 6) is 0.839. The van der Waals surface area contributed by atoms with Gasteiger partial charge < -0.3 is 14.8 Å². The number of aryl methyl sites for hydroxylation is 1. The van der Waals surface area contributed by atoms with Gasteiger partial charge in [-0.15, -0.1) is 0 Å². The molecule has 0 spiro atoms. The van der Waals surface area contributed by atoms with E-state index in [4.69, 9.17) is 11.6 Å². The fraction of sp³-hybridized carbons (Fsp3) is 0.500. The average Bonchev–Trinajstić information content (AvgIpc) is 2.92. The van der Waals surface area contributed by atoms with Gasteiger partial charge in [0.05, 0.1) is 0 Å². The number of amides is 1. The van der Waals surface area contributed by atoms with E-state index < -0.39 is 0 Å². The molecule has 26 heavy (non-hydrogen) atoms. The number of aromatic nitrogens is 2. The summed E-state index contributed by atoms with van der Waals surface area (Å²) in [5, 5.41) is 3.72. The third-order valence-corrected chi connectivity index (χ3v) is 5.46. The second kappa shape index (κ2) is 8.23. The zero-order valence-corrected chi connectivity index (χ0v) is 16.5. The number of likely N-dealkylation sites (tertiary alicyclic amines) is 1. The lowest BCUT2D eigenvalue weighted by atomic mass is 10.0. The number of carbonyl (C=O) groups excluding carboxylic acids is 1. The molecule has 6 heteroatoms. The molecule has 1 aliphatic rings. The Morgan fingerprint density at radius 3 is 2.54 bits per heavy atom. The summed E-state index contributed by atoms with van der Waals surface area (Å²) in [5.41, 5.74) is 2.68. The lowest BCUT2D eigenvalue weighted by molar-refractivity contribution is 0.0948. The predicted octanol–water partition coefficient (Wildman–Crippen LogP) is 3.39. The van der Waals surface area contributed by atoms with E-state index in [1.54, 1.807) is 0 Å². The molecule has 1 fully saturated rings. The van der Waals surface area contributed by atoms with Gasteiger partial charge in [-0.3, -0.25) is 4.79 Å². The Kier molecular flexibility index (Phi) is 5.99. The molecule has 0 atom stereocenters. The molecular formula is C20H27ClN4O. The van der Waals surface area contributed by atoms with Gasteiger partial charge in [-0.2, -0.15) is 0 Å². The number of nitrogens with one attached hydrogen (secondary N) is 1. The first-order valence-corrected chi connectivity index (χ1v) is 9.60. The molecule has 0 radical (unpaired) electrons. The highest BCUT2D eigenvalue weighted by Crippen LogP contribution is 2.26. The minimum absolute atomic E-state index is 0.0914. The number of imidazole rings is 1. The second-order valence-corrected chi connectivity index (χ2v) is 7.57. The molecule has 0 unspecified atom stereocenters. The first-order valence-electron chi connectivity index (χ1n) is 9.22. The van der Waals surface area contributed by atoms with Gasteiger partial charge in [0.25, 0.3) is 5.91 Å². The van der Waals surface area contributed by atoms with E-state index in [1.807, 2.05) is 38.1 Å². The molecule has 2 heterocycles. The molecule has 1 N–H and O–H groups in total. The zero-order valence-electron chi connectivity index (χ0n) is 15.8. The Bertz CT molecular complexity index is 761. The number of carbonyl (C=O) groups is 1. The molecule has 1 aromatic heterocycles. The summed E-state index contributed by atoms with van der Waals surface area (Å²) in [4.78, 5) is 19.5. The summed E-state index contributed by atoms with van der Waals surface area (Å²) in [6, 6.07) is 8.15. The Morgan fingerprint density at radius 2 is 1.88 bits per heavy atom. The van der Waals surface area contributed by atoms with Gasteiger partial charge in [-0.05, 0) is 70.9 Å². The third-order valence-electron chi connectivity index (χ3n) is 5.21. The van der Waals surface area contributed by atoms with E-state index in [1.165, 1.54) is 0 Å². The number of hydrogen-bond donors (Lipinski definition) is 1. The Balaban J connectivity index is 1.62. The summed E-state index contributed by atoms with van der Waals surface area (Å²) in [6.07, 6.45) is 2.98. The minimum atomic E-state index is -0.0914. The van der Waals surface area contributed by atoms with Crippen LogP contribution in [0.2, 0.25) is 5.02 Å². The van der Waals surface area contributed by atoms with Crippen molar-refractivity contribution in [2.45, 2.75) is 39.2 Å². The maximum absolute atomic E-state index is 12.6. The number of piperidine rings is 1. The normalized spacial score (nSPS) is 16.0. The van der Waals surface area contributed by atoms with Gasteiger partial charge in [-0.25, -0.2) is 4.98 Å². The SMILES string of the molecule is Cc1nc(C(=O)NCCc2ccc(Cl)cc2)c(C)n1C1CCN(C)CC1. The quantitative estimate of drug-likeness (QED) is 0.872. The van der Waals surface area contributed by atoms with Gasteiger partial charge in [0, 0.05) is 23.3 Å². The summed E-state index contributed by atoms with van der Waals surface area (Å²) < 4.78 is 2.25. The maximum Gasteiger partial charge on any atom is 0.271 e. The largest absolute Gasteiger partial charge is 0.350 e. The van der Waals surface area contributed by atoms with Crippen molar-refractivity contribution in [1.29, 1.82) is 0 Å². The van der Waals surface area contributed by atoms with Crippen LogP contribution in [-0.4, -0.2) is 47.0 Å². The molecule has 1 saturated heterocycles. The van der Waals surface area contributed by atoms with Crippen LogP contribution in [0.3, 0.4) is 0 Å². The number of halogens is 1. The van der Waals surface area contributed by atoms with Crippen LogP contribution in [0.4, 0.5) is 0 Å². The van der Waals surface area contributed by atoms with E-state index >= 15 is 0 Å². The molecule has 2 aromatic rings. The number of hydrogen-bond acceptors (Lipinski definition) is 3. The lowest BCUT2D eigenvalue weighted by Gasteiger charge is -2.31. The molecule has 1 amide bonds. The molecule has 0 bridgehead atoms. The van der Waals surface area contributed by atoms with Crippen molar-refractivity contribution in [3.8, 4) is 0 Å². The Hall–Kier alpha value is -1.85. The standard InChI is InChI=1S/C20H27ClN4O/c1-14-19(20(26)22-11-8-16-4-6-17(21)7-5-16)23-15(2)25(14)18-9-12-24(3)13-10-18/h4-7,18H,8-13H2,1-3H3,(H,22,26). The maximum atomic E-state index is 12.6. The minimum Gasteiger partial charge on any atom is -0.350 e. The van der Waals surface area contributed by atoms with Gasteiger partial charge in [0.2, 0.25) is 0 Å². The van der Waals surface area contributed by atoms with Crippen molar-refractivity contribution >= 4 is 17.5 Å². The molecule has 0 aliphatic carbocycles. The van der Waals surface area contributed by atoms with E-state index in [9.17, 15) is 4.79 Å². The van der Waals surface area contributed by atoms with Gasteiger partial charge in [-0.1, -0.05) is 23.7 Å². The molecule has 0 saturated carbocycles. The van der Waals surface area contributed by atoms with Crippen LogP contribution in [0.25, 0.3) is 0 Å². The predicted molar refractivity (Wildman–Crippen MR) is 105 cm³/mol. The molecular weight excluding hydrogens is 348 g/mol. The van der Waals surface area contributed by atoms with Crippen LogP contribution in [0, 0.1) is 13.8 Å². The summed E-state index contributed by atoms with van der Waals surface area (Å²) in [6.45, 7) is 6.76. The molecule has 5 nitrogen and oxygen atoms in total. The van der Waals surface area contributed by atoms with E-state index in [0.29, 0.717) is 18.3 Å². The van der Waals surface area contributed by atoms with E-state index in [0.717, 1.165) is 54.5 Å². The average molecular weight is 375 g/mol. The Morgan fingerprint density at radius 1 is 1.23 bits per heavy atom. The topological polar surface area (TPSA) is 50.2 Å². The van der Waals surface area contributed by atoms with Crippen LogP contribution in [0.15, 0.2) is 24.3 Å². The number of benzene rings is 1. The van der Waals surface area contributed by atoms with E-state index in [2.05, 4.69) is 26.8 Å². The Labute approximate surface area is 160 Å². The van der Waals surface area contributed by atoms with Crippen molar-refractivity contribution in [3.63, 3.8) is 0 Å². The van der Waals surface area contributed by atoms with E-state index in [-0.39, 0.29) is 5.91 Å². The van der Waals surface area contributed by atoms with Crippen LogP contribution in [-0.2, 0) is 6.42 Å². The van der Waals surface area contributed by atoms with Crippen LogP contribution >= 0.6 is 11.6 Å². The first kappa shape index (κ1) is 18.9. The monoisotopic (exact) mass is 374 g/mol. The highest BCUT2D eigenvalue weighted by atomic mass is 35.5. The van der Waals surface area contributed by atoms with Crippen molar-refractivity contribution in [1.82, 2.24) is 19.8 Å². The summed E-state index contributed by atoms with van der Waals surface area (Å²) >= 11 is 5.90. The highest BCUT2D eigenvalue weighted by Gasteiger charge is 2.25. The van der Waals surface area contributed by atoms with Crippen molar-refractivity contribution < 1.29 is 4.79 Å². The molecule has 140 valence electrons. The lowest BCUT2D eigenvalue weighted by Crippen LogP contribution is -2.32. The van der Waals surface area contributed by atoms with Crippen molar-refractivity contribution in [2.24, 2.45) is 0 Å². The third kappa shape index (κ3) is 4.27. The zero-order chi connectivity index (χ0) is 18.7. The number of nitrogens with zero attached hydrogens (tertiary/aromatic N) is 3. The molecule has 1 aromatic carbocycles. The van der Waals surface area contributed by atoms with Gasteiger partial charge in [0.1, 0.15) is 11.5 Å². The van der Waals surface area contributed by atoms with Crippen molar-refractivity contribution in [2.75, 3.05) is 26.7 Å². The smallest absolute Gasteiger partial charge is 0.271 e. The molecule has 1 aliphatic heterocycles. The molecule has 3 rings (SSSR count). The first-order chi connectivity index (χ1) is 12.5. The van der Waals surface area contributed by atoms with Crippen LogP contribution in [0.5, 0.6) is 0 Å². The van der Waals surface area contributed by atoms with Crippen LogP contribution < -0.4 is 5.32 Å². The fourth-order valence-electron chi connectivity index (χ4n) is 3.71. The van der Waals surface area contributed by atoms with Crippen LogP contribution in [0.1, 0.15) is 46.5 Å².